The predicted octanol–water partition coefficient (Wildman–Crippen LogP) is 5.11. The minimum atomic E-state index is -0.684. The summed E-state index contributed by atoms with van der Waals surface area (Å²) in [7, 11) is 0. The van der Waals surface area contributed by atoms with Gasteiger partial charge < -0.3 is 11.5 Å². The average molecular weight is 478 g/mol. The molecular weight excluding hydrogens is 461 g/mol. The third-order valence-electron chi connectivity index (χ3n) is 4.86. The lowest BCUT2D eigenvalue weighted by molar-refractivity contribution is 0.0988. The van der Waals surface area contributed by atoms with Crippen LogP contribution in [0.1, 0.15) is 20.7 Å². The molecule has 33 heavy (non-hydrogen) atoms. The minimum absolute atomic E-state index is 0.0778. The summed E-state index contributed by atoms with van der Waals surface area (Å²) in [4.78, 5) is 35.1. The Kier molecular flexibility index (Phi) is 6.26. The van der Waals surface area contributed by atoms with Crippen LogP contribution < -0.4 is 16.4 Å². The van der Waals surface area contributed by atoms with E-state index in [9.17, 15) is 9.59 Å². The number of halogens is 2. The van der Waals surface area contributed by atoms with E-state index in [1.165, 1.54) is 29.3 Å². The molecule has 0 aliphatic carbocycles. The molecule has 2 aromatic carbocycles. The summed E-state index contributed by atoms with van der Waals surface area (Å²) in [5.41, 5.74) is 13.7. The summed E-state index contributed by atoms with van der Waals surface area (Å²) in [5, 5.41) is 0.558. The van der Waals surface area contributed by atoms with Crippen molar-refractivity contribution in [3.8, 4) is 11.3 Å². The zero-order valence-corrected chi connectivity index (χ0v) is 18.6. The first-order valence-electron chi connectivity index (χ1n) is 9.71. The molecule has 0 unspecified atom stereocenters. The van der Waals surface area contributed by atoms with E-state index in [1.54, 1.807) is 42.6 Å². The van der Waals surface area contributed by atoms with Gasteiger partial charge in [0.25, 0.3) is 5.91 Å². The summed E-state index contributed by atoms with van der Waals surface area (Å²) in [6, 6.07) is 18.2. The minimum Gasteiger partial charge on any atom is -0.384 e. The summed E-state index contributed by atoms with van der Waals surface area (Å²) in [6.45, 7) is 0. The van der Waals surface area contributed by atoms with Crippen molar-refractivity contribution in [3.05, 3.63) is 100 Å². The van der Waals surface area contributed by atoms with Gasteiger partial charge in [0.15, 0.2) is 0 Å². The molecule has 2 heterocycles. The zero-order valence-electron chi connectivity index (χ0n) is 17.1. The normalized spacial score (nSPS) is 10.6. The first kappa shape index (κ1) is 22.3. The van der Waals surface area contributed by atoms with Gasteiger partial charge in [-0.1, -0.05) is 29.3 Å². The molecule has 0 spiro atoms. The fourth-order valence-corrected chi connectivity index (χ4v) is 3.75. The predicted molar refractivity (Wildman–Crippen MR) is 130 cm³/mol. The first-order valence-corrected chi connectivity index (χ1v) is 10.5. The summed E-state index contributed by atoms with van der Waals surface area (Å²) in [5.74, 6) is -0.782. The standard InChI is InChI=1S/C24H17Cl2N5O2/c25-19-8-5-15(12-18(19)21-3-1-2-10-29-21)31(16-6-9-22(27)30-13-16)24(33)14-4-7-17(23(28)32)20(26)11-14/h1-13H,(H2,27,30)(H2,28,32). The van der Waals surface area contributed by atoms with Crippen LogP contribution >= 0.6 is 23.2 Å². The number of nitrogen functional groups attached to an aromatic ring is 1. The van der Waals surface area contributed by atoms with Gasteiger partial charge >= 0.3 is 0 Å². The number of carbonyl (C=O) groups excluding carboxylic acids is 2. The summed E-state index contributed by atoms with van der Waals surface area (Å²) < 4.78 is 0. The van der Waals surface area contributed by atoms with Gasteiger partial charge in [-0.2, -0.15) is 0 Å². The molecule has 0 radical (unpaired) electrons. The Morgan fingerprint density at radius 2 is 1.64 bits per heavy atom. The highest BCUT2D eigenvalue weighted by Gasteiger charge is 2.23. The van der Waals surface area contributed by atoms with Crippen molar-refractivity contribution in [2.24, 2.45) is 5.73 Å². The number of aromatic nitrogens is 2. The molecule has 4 N–H and O–H groups in total. The van der Waals surface area contributed by atoms with Crippen LogP contribution in [0.4, 0.5) is 17.2 Å². The van der Waals surface area contributed by atoms with Crippen molar-refractivity contribution in [3.63, 3.8) is 0 Å². The van der Waals surface area contributed by atoms with E-state index < -0.39 is 11.8 Å². The zero-order chi connectivity index (χ0) is 23.5. The number of pyridine rings is 2. The lowest BCUT2D eigenvalue weighted by atomic mass is 10.1. The summed E-state index contributed by atoms with van der Waals surface area (Å²) >= 11 is 12.6. The van der Waals surface area contributed by atoms with Crippen LogP contribution in [0.2, 0.25) is 10.0 Å². The SMILES string of the molecule is NC(=O)c1ccc(C(=O)N(c2ccc(N)nc2)c2ccc(Cl)c(-c3ccccn3)c2)cc1Cl. The Bertz CT molecular complexity index is 1350. The van der Waals surface area contributed by atoms with Crippen molar-refractivity contribution in [1.82, 2.24) is 9.97 Å². The van der Waals surface area contributed by atoms with E-state index in [0.717, 1.165) is 0 Å². The number of rotatable bonds is 5. The second kappa shape index (κ2) is 9.28. The highest BCUT2D eigenvalue weighted by Crippen LogP contribution is 2.35. The van der Waals surface area contributed by atoms with Gasteiger partial charge in [-0.15, -0.1) is 0 Å². The van der Waals surface area contributed by atoms with Crippen LogP contribution in [-0.4, -0.2) is 21.8 Å². The fourth-order valence-electron chi connectivity index (χ4n) is 3.26. The third kappa shape index (κ3) is 4.64. The molecule has 9 heteroatoms. The number of carbonyl (C=O) groups is 2. The van der Waals surface area contributed by atoms with E-state index in [0.29, 0.717) is 33.5 Å². The first-order chi connectivity index (χ1) is 15.8. The van der Waals surface area contributed by atoms with Gasteiger partial charge in [0.05, 0.1) is 38.9 Å². The van der Waals surface area contributed by atoms with Crippen LogP contribution in [0.3, 0.4) is 0 Å². The lowest BCUT2D eigenvalue weighted by Crippen LogP contribution is -2.26. The number of primary amides is 1. The van der Waals surface area contributed by atoms with Crippen LogP contribution in [0.15, 0.2) is 79.1 Å². The molecule has 0 aliphatic heterocycles. The number of anilines is 3. The van der Waals surface area contributed by atoms with Crippen LogP contribution in [0, 0.1) is 0 Å². The quantitative estimate of drug-likeness (QED) is 0.414. The Balaban J connectivity index is 1.85. The second-order valence-electron chi connectivity index (χ2n) is 7.02. The van der Waals surface area contributed by atoms with E-state index in [1.807, 2.05) is 12.1 Å². The van der Waals surface area contributed by atoms with Crippen molar-refractivity contribution in [2.75, 3.05) is 10.6 Å². The van der Waals surface area contributed by atoms with Gasteiger partial charge in [0, 0.05) is 17.3 Å². The average Bonchev–Trinajstić information content (AvgIpc) is 2.81. The Morgan fingerprint density at radius 3 is 2.27 bits per heavy atom. The topological polar surface area (TPSA) is 115 Å². The Morgan fingerprint density at radius 1 is 0.848 bits per heavy atom. The fraction of sp³-hybridized carbons (Fsp3) is 0. The number of nitrogens with zero attached hydrogens (tertiary/aromatic N) is 3. The number of nitrogens with two attached hydrogens (primary N) is 2. The number of amides is 2. The molecule has 7 nitrogen and oxygen atoms in total. The molecule has 2 aromatic heterocycles. The molecular formula is C24H17Cl2N5O2. The van der Waals surface area contributed by atoms with Crippen LogP contribution in [0.25, 0.3) is 11.3 Å². The molecule has 4 rings (SSSR count). The maximum absolute atomic E-state index is 13.6. The van der Waals surface area contributed by atoms with Crippen molar-refractivity contribution in [1.29, 1.82) is 0 Å². The molecule has 0 fully saturated rings. The maximum Gasteiger partial charge on any atom is 0.262 e. The number of hydrogen-bond acceptors (Lipinski definition) is 5. The monoisotopic (exact) mass is 477 g/mol. The molecule has 0 bridgehead atoms. The van der Waals surface area contributed by atoms with Crippen LogP contribution in [0.5, 0.6) is 0 Å². The molecule has 0 saturated heterocycles. The van der Waals surface area contributed by atoms with Crippen molar-refractivity contribution in [2.45, 2.75) is 0 Å². The number of hydrogen-bond donors (Lipinski definition) is 2. The van der Waals surface area contributed by atoms with Gasteiger partial charge in [-0.05, 0) is 60.7 Å². The van der Waals surface area contributed by atoms with E-state index in [2.05, 4.69) is 9.97 Å². The molecule has 0 saturated carbocycles. The van der Waals surface area contributed by atoms with E-state index >= 15 is 0 Å². The second-order valence-corrected chi connectivity index (χ2v) is 7.83. The van der Waals surface area contributed by atoms with Crippen LogP contribution in [-0.2, 0) is 0 Å². The van der Waals surface area contributed by atoms with Gasteiger partial charge in [0.1, 0.15) is 5.82 Å². The highest BCUT2D eigenvalue weighted by molar-refractivity contribution is 6.34. The van der Waals surface area contributed by atoms with Crippen molar-refractivity contribution >= 4 is 52.2 Å². The van der Waals surface area contributed by atoms with Gasteiger partial charge in [0.2, 0.25) is 5.91 Å². The molecule has 2 amide bonds. The van der Waals surface area contributed by atoms with Gasteiger partial charge in [-0.25, -0.2) is 4.98 Å². The molecule has 0 atom stereocenters. The smallest absolute Gasteiger partial charge is 0.262 e. The maximum atomic E-state index is 13.6. The number of benzene rings is 2. The molecule has 164 valence electrons. The molecule has 0 aliphatic rings. The Labute approximate surface area is 199 Å². The highest BCUT2D eigenvalue weighted by atomic mass is 35.5. The molecule has 4 aromatic rings. The summed E-state index contributed by atoms with van der Waals surface area (Å²) in [6.07, 6.45) is 3.15. The van der Waals surface area contributed by atoms with Gasteiger partial charge in [-0.3, -0.25) is 19.5 Å². The largest absolute Gasteiger partial charge is 0.384 e. The Hall–Kier alpha value is -3.94. The lowest BCUT2D eigenvalue weighted by Gasteiger charge is -2.24. The van der Waals surface area contributed by atoms with Crippen molar-refractivity contribution < 1.29 is 9.59 Å². The third-order valence-corrected chi connectivity index (χ3v) is 5.50. The van der Waals surface area contributed by atoms with E-state index in [-0.39, 0.29) is 16.1 Å². The van der Waals surface area contributed by atoms with E-state index in [4.69, 9.17) is 34.7 Å².